The number of hydrogen-bond donors (Lipinski definition) is 0. The van der Waals surface area contributed by atoms with Crippen LogP contribution in [0.2, 0.25) is 0 Å². The first-order chi connectivity index (χ1) is 10.5. The zero-order valence-corrected chi connectivity index (χ0v) is 15.4. The third kappa shape index (κ3) is 4.97. The fraction of sp³-hybridized carbons (Fsp3) is 0.684. The van der Waals surface area contributed by atoms with Gasteiger partial charge in [0.25, 0.3) is 0 Å². The lowest BCUT2D eigenvalue weighted by atomic mass is 9.90. The molecule has 0 saturated carbocycles. The largest absolute Gasteiger partial charge is 0.304 e. The van der Waals surface area contributed by atoms with E-state index in [1.54, 1.807) is 0 Å². The van der Waals surface area contributed by atoms with Crippen molar-refractivity contribution in [3.8, 4) is 0 Å². The summed E-state index contributed by atoms with van der Waals surface area (Å²) < 4.78 is 0. The topological polar surface area (TPSA) is 6.48 Å². The van der Waals surface area contributed by atoms with E-state index in [4.69, 9.17) is 11.6 Å². The molecule has 1 aromatic rings. The van der Waals surface area contributed by atoms with Crippen LogP contribution in [0, 0.1) is 5.92 Å². The molecule has 1 saturated heterocycles. The van der Waals surface area contributed by atoms with Gasteiger partial charge in [0.15, 0.2) is 0 Å². The van der Waals surface area contributed by atoms with Crippen LogP contribution in [0.25, 0.3) is 0 Å². The number of rotatable bonds is 6. The highest BCUT2D eigenvalue weighted by atomic mass is 35.5. The minimum absolute atomic E-state index is 0.564. The monoisotopic (exact) mass is 322 g/mol. The molecule has 2 rings (SSSR count). The van der Waals surface area contributed by atoms with E-state index < -0.39 is 0 Å². The lowest BCUT2D eigenvalue weighted by Crippen LogP contribution is -2.46. The third-order valence-electron chi connectivity index (χ3n) is 4.72. The molecule has 2 nitrogen and oxygen atoms in total. The highest BCUT2D eigenvalue weighted by Gasteiger charge is 2.17. The number of likely N-dealkylation sites (N-methyl/N-ethyl adjacent to an activating group) is 1. The van der Waals surface area contributed by atoms with Gasteiger partial charge in [-0.1, -0.05) is 39.0 Å². The number of benzene rings is 1. The Labute approximate surface area is 141 Å². The summed E-state index contributed by atoms with van der Waals surface area (Å²) in [4.78, 5) is 5.04. The molecular weight excluding hydrogens is 292 g/mol. The van der Waals surface area contributed by atoms with E-state index in [-0.39, 0.29) is 0 Å². The second-order valence-electron chi connectivity index (χ2n) is 7.23. The Morgan fingerprint density at radius 3 is 2.36 bits per heavy atom. The summed E-state index contributed by atoms with van der Waals surface area (Å²) in [7, 11) is 2.22. The first kappa shape index (κ1) is 17.8. The van der Waals surface area contributed by atoms with Gasteiger partial charge in [-0.05, 0) is 42.0 Å². The minimum Gasteiger partial charge on any atom is -0.304 e. The molecule has 0 radical (unpaired) electrons. The van der Waals surface area contributed by atoms with Crippen LogP contribution in [0.15, 0.2) is 18.2 Å². The summed E-state index contributed by atoms with van der Waals surface area (Å²) in [6.07, 6.45) is 1.17. The molecular formula is C19H31ClN2. The van der Waals surface area contributed by atoms with Gasteiger partial charge in [0.1, 0.15) is 0 Å². The summed E-state index contributed by atoms with van der Waals surface area (Å²) in [5, 5.41) is 0. The highest BCUT2D eigenvalue weighted by molar-refractivity contribution is 6.17. The Balaban J connectivity index is 1.97. The molecule has 1 aliphatic heterocycles. The van der Waals surface area contributed by atoms with Crippen LogP contribution < -0.4 is 0 Å². The molecule has 1 unspecified atom stereocenters. The molecule has 0 amide bonds. The maximum Gasteiger partial charge on any atom is 0.0474 e. The van der Waals surface area contributed by atoms with Crippen LogP contribution in [0.4, 0.5) is 0 Å². The summed E-state index contributed by atoms with van der Waals surface area (Å²) in [5.41, 5.74) is 4.22. The highest BCUT2D eigenvalue weighted by Crippen LogP contribution is 2.24. The summed E-state index contributed by atoms with van der Waals surface area (Å²) in [6, 6.07) is 6.79. The second-order valence-corrected chi connectivity index (χ2v) is 7.50. The number of halogens is 1. The van der Waals surface area contributed by atoms with E-state index in [0.717, 1.165) is 0 Å². The van der Waals surface area contributed by atoms with E-state index >= 15 is 0 Å². The molecule has 3 heteroatoms. The molecule has 1 atom stereocenters. The number of hydrogen-bond acceptors (Lipinski definition) is 2. The molecule has 124 valence electrons. The van der Waals surface area contributed by atoms with Gasteiger partial charge in [-0.15, -0.1) is 11.6 Å². The molecule has 1 heterocycles. The molecule has 0 aromatic heterocycles. The maximum absolute atomic E-state index is 5.99. The van der Waals surface area contributed by atoms with Gasteiger partial charge in [0.05, 0.1) is 0 Å². The van der Waals surface area contributed by atoms with Gasteiger partial charge in [0, 0.05) is 38.6 Å². The zero-order valence-electron chi connectivity index (χ0n) is 14.6. The Hall–Kier alpha value is -0.570. The van der Waals surface area contributed by atoms with Crippen molar-refractivity contribution in [3.63, 3.8) is 0 Å². The van der Waals surface area contributed by atoms with Gasteiger partial charge >= 0.3 is 0 Å². The van der Waals surface area contributed by atoms with Gasteiger partial charge in [-0.25, -0.2) is 0 Å². The van der Waals surface area contributed by atoms with E-state index in [9.17, 15) is 0 Å². The minimum atomic E-state index is 0.564. The second kappa shape index (κ2) is 8.33. The Kier molecular flexibility index (Phi) is 6.73. The van der Waals surface area contributed by atoms with Crippen LogP contribution in [0.5, 0.6) is 0 Å². The fourth-order valence-corrected chi connectivity index (χ4v) is 3.53. The number of piperazine rings is 1. The maximum atomic E-state index is 5.99. The average Bonchev–Trinajstić information content (AvgIpc) is 2.49. The number of nitrogens with zero attached hydrogens (tertiary/aromatic N) is 2. The molecule has 1 aromatic carbocycles. The Bertz CT molecular complexity index is 465. The standard InChI is InChI=1S/C19H31ClN2/c1-15(2)19-12-17(13-20)5-6-18(19)11-16(3)14-22-9-7-21(4)8-10-22/h5-6,12,15-16H,7-11,13-14H2,1-4H3. The van der Waals surface area contributed by atoms with Gasteiger partial charge in [-0.2, -0.15) is 0 Å². The van der Waals surface area contributed by atoms with Gasteiger partial charge in [0.2, 0.25) is 0 Å². The molecule has 1 aliphatic rings. The van der Waals surface area contributed by atoms with E-state index in [2.05, 4.69) is 55.8 Å². The fourth-order valence-electron chi connectivity index (χ4n) is 3.36. The van der Waals surface area contributed by atoms with E-state index in [1.807, 2.05) is 0 Å². The summed E-state index contributed by atoms with van der Waals surface area (Å²) in [6.45, 7) is 13.0. The van der Waals surface area contributed by atoms with Crippen molar-refractivity contribution < 1.29 is 0 Å². The normalized spacial score (nSPS) is 18.8. The molecule has 1 fully saturated rings. The molecule has 0 bridgehead atoms. The zero-order chi connectivity index (χ0) is 16.1. The molecule has 0 spiro atoms. The first-order valence-electron chi connectivity index (χ1n) is 8.58. The first-order valence-corrected chi connectivity index (χ1v) is 9.11. The quantitative estimate of drug-likeness (QED) is 0.731. The molecule has 0 aliphatic carbocycles. The summed E-state index contributed by atoms with van der Waals surface area (Å²) in [5.74, 6) is 1.87. The summed E-state index contributed by atoms with van der Waals surface area (Å²) >= 11 is 5.99. The van der Waals surface area contributed by atoms with Crippen LogP contribution in [0.1, 0.15) is 43.4 Å². The lowest BCUT2D eigenvalue weighted by molar-refractivity contribution is 0.138. The predicted molar refractivity (Wildman–Crippen MR) is 96.9 cm³/mol. The predicted octanol–water partition coefficient (Wildman–Crippen LogP) is 3.97. The van der Waals surface area contributed by atoms with Crippen LogP contribution in [-0.4, -0.2) is 49.6 Å². The van der Waals surface area contributed by atoms with Crippen molar-refractivity contribution in [3.05, 3.63) is 34.9 Å². The van der Waals surface area contributed by atoms with E-state index in [1.165, 1.54) is 55.8 Å². The SMILES string of the molecule is CC(Cc1ccc(CCl)cc1C(C)C)CN1CCN(C)CC1. The van der Waals surface area contributed by atoms with Crippen molar-refractivity contribution in [1.29, 1.82) is 0 Å². The smallest absolute Gasteiger partial charge is 0.0474 e. The van der Waals surface area contributed by atoms with Crippen LogP contribution >= 0.6 is 11.6 Å². The molecule has 0 N–H and O–H groups in total. The van der Waals surface area contributed by atoms with Crippen molar-refractivity contribution in [2.45, 2.75) is 39.0 Å². The van der Waals surface area contributed by atoms with Crippen molar-refractivity contribution in [2.75, 3.05) is 39.8 Å². The Morgan fingerprint density at radius 1 is 1.09 bits per heavy atom. The number of alkyl halides is 1. The average molecular weight is 323 g/mol. The van der Waals surface area contributed by atoms with E-state index in [0.29, 0.717) is 17.7 Å². The van der Waals surface area contributed by atoms with Crippen molar-refractivity contribution >= 4 is 11.6 Å². The van der Waals surface area contributed by atoms with Gasteiger partial charge in [-0.3, -0.25) is 0 Å². The van der Waals surface area contributed by atoms with Gasteiger partial charge < -0.3 is 9.80 Å². The lowest BCUT2D eigenvalue weighted by Gasteiger charge is -2.34. The Morgan fingerprint density at radius 2 is 1.77 bits per heavy atom. The third-order valence-corrected chi connectivity index (χ3v) is 5.03. The molecule has 22 heavy (non-hydrogen) atoms. The van der Waals surface area contributed by atoms with Crippen molar-refractivity contribution in [1.82, 2.24) is 9.80 Å². The van der Waals surface area contributed by atoms with Crippen LogP contribution in [-0.2, 0) is 12.3 Å². The van der Waals surface area contributed by atoms with Crippen LogP contribution in [0.3, 0.4) is 0 Å². The van der Waals surface area contributed by atoms with Crippen molar-refractivity contribution in [2.24, 2.45) is 5.92 Å².